The van der Waals surface area contributed by atoms with Crippen molar-refractivity contribution < 1.29 is 0 Å². The average molecular weight is 158 g/mol. The molecular weight excluding hydrogens is 152 g/mol. The van der Waals surface area contributed by atoms with Gasteiger partial charge in [-0.25, -0.2) is 0 Å². The highest BCUT2D eigenvalue weighted by atomic mass is 32.2. The molecule has 0 saturated carbocycles. The summed E-state index contributed by atoms with van der Waals surface area (Å²) >= 11 is 2.21. The lowest BCUT2D eigenvalue weighted by molar-refractivity contribution is 1.04. The van der Waals surface area contributed by atoms with Gasteiger partial charge in [0.05, 0.1) is 4.08 Å². The van der Waals surface area contributed by atoms with Gasteiger partial charge in [0, 0.05) is 0 Å². The van der Waals surface area contributed by atoms with Gasteiger partial charge in [-0.3, -0.25) is 0 Å². The molecule has 0 radical (unpaired) electrons. The molecule has 0 amide bonds. The summed E-state index contributed by atoms with van der Waals surface area (Å²) in [6.07, 6.45) is 0. The lowest BCUT2D eigenvalue weighted by atomic mass is 10.5. The predicted molar refractivity (Wildman–Crippen MR) is 40.5 cm³/mol. The monoisotopic (exact) mass is 158 g/mol. The van der Waals surface area contributed by atoms with Crippen LogP contribution in [0.1, 0.15) is 13.8 Å². The van der Waals surface area contributed by atoms with Crippen LogP contribution in [0.2, 0.25) is 0 Å². The normalized spacial score (nSPS) is 9.78. The van der Waals surface area contributed by atoms with E-state index in [9.17, 15) is 0 Å². The number of nitrogens with zero attached hydrogens (tertiary/aromatic N) is 2. The van der Waals surface area contributed by atoms with Crippen molar-refractivity contribution in [2.75, 3.05) is 0 Å². The lowest BCUT2D eigenvalue weighted by Gasteiger charge is -2.12. The zero-order valence-corrected chi connectivity index (χ0v) is 6.84. The minimum Gasteiger partial charge on any atom is -0.185 e. The van der Waals surface area contributed by atoms with Gasteiger partial charge in [-0.15, -0.1) is 0 Å². The zero-order valence-electron chi connectivity index (χ0n) is 5.21. The second-order valence-corrected chi connectivity index (χ2v) is 4.86. The first kappa shape index (κ1) is 8.68. The Labute approximate surface area is 63.2 Å². The first-order valence-electron chi connectivity index (χ1n) is 2.26. The number of thioether (sulfide) groups is 2. The fourth-order valence-electron chi connectivity index (χ4n) is 0.241. The van der Waals surface area contributed by atoms with E-state index in [1.807, 2.05) is 24.6 Å². The maximum Gasteiger partial charge on any atom is 0.134 e. The highest BCUT2D eigenvalue weighted by Gasteiger charge is 2.18. The Morgan fingerprint density at radius 1 is 1.11 bits per heavy atom. The molecule has 9 heavy (non-hydrogen) atoms. The summed E-state index contributed by atoms with van der Waals surface area (Å²) in [5, 5.41) is 20.3. The molecule has 48 valence electrons. The van der Waals surface area contributed by atoms with Crippen LogP contribution in [0.15, 0.2) is 0 Å². The Morgan fingerprint density at radius 3 is 1.67 bits per heavy atom. The first-order chi connectivity index (χ1) is 4.12. The SMILES string of the molecule is CC(C)(SC#N)SC#N. The number of hydrogen-bond acceptors (Lipinski definition) is 4. The quantitative estimate of drug-likeness (QED) is 0.456. The van der Waals surface area contributed by atoms with Gasteiger partial charge in [-0.05, 0) is 37.4 Å². The summed E-state index contributed by atoms with van der Waals surface area (Å²) in [5.74, 6) is 0. The third-order valence-corrected chi connectivity index (χ3v) is 2.25. The predicted octanol–water partition coefficient (Wildman–Crippen LogP) is 2.15. The molecule has 0 rings (SSSR count). The van der Waals surface area contributed by atoms with Crippen LogP contribution in [0.3, 0.4) is 0 Å². The van der Waals surface area contributed by atoms with E-state index in [2.05, 4.69) is 0 Å². The van der Waals surface area contributed by atoms with Crippen molar-refractivity contribution in [2.24, 2.45) is 0 Å². The molecule has 0 aliphatic heterocycles. The molecule has 0 atom stereocenters. The topological polar surface area (TPSA) is 47.6 Å². The molecule has 0 aromatic rings. The molecular formula is C5H6N2S2. The summed E-state index contributed by atoms with van der Waals surface area (Å²) in [5.41, 5.74) is 0. The summed E-state index contributed by atoms with van der Waals surface area (Å²) < 4.78 is -0.288. The van der Waals surface area contributed by atoms with Crippen molar-refractivity contribution in [2.45, 2.75) is 17.9 Å². The van der Waals surface area contributed by atoms with Crippen LogP contribution in [0, 0.1) is 21.3 Å². The van der Waals surface area contributed by atoms with Gasteiger partial charge in [0.2, 0.25) is 0 Å². The van der Waals surface area contributed by atoms with Crippen LogP contribution < -0.4 is 0 Å². The maximum absolute atomic E-state index is 8.22. The molecule has 0 aromatic carbocycles. The minimum atomic E-state index is -0.288. The van der Waals surface area contributed by atoms with Crippen LogP contribution in [-0.4, -0.2) is 4.08 Å². The van der Waals surface area contributed by atoms with Crippen molar-refractivity contribution in [3.63, 3.8) is 0 Å². The Bertz CT molecular complexity index is 145. The fraction of sp³-hybridized carbons (Fsp3) is 0.600. The van der Waals surface area contributed by atoms with Gasteiger partial charge >= 0.3 is 0 Å². The lowest BCUT2D eigenvalue weighted by Crippen LogP contribution is -2.04. The standard InChI is InChI=1S/C5H6N2S2/c1-5(2,8-3-6)9-4-7/h1-2H3. The van der Waals surface area contributed by atoms with Gasteiger partial charge in [0.1, 0.15) is 10.8 Å². The summed E-state index contributed by atoms with van der Waals surface area (Å²) in [4.78, 5) is 0. The van der Waals surface area contributed by atoms with E-state index in [-0.39, 0.29) is 4.08 Å². The highest BCUT2D eigenvalue weighted by Crippen LogP contribution is 2.34. The van der Waals surface area contributed by atoms with Crippen LogP contribution in [0.25, 0.3) is 0 Å². The molecule has 0 bridgehead atoms. The number of hydrogen-bond donors (Lipinski definition) is 0. The zero-order chi connectivity index (χ0) is 7.33. The van der Waals surface area contributed by atoms with Crippen molar-refractivity contribution >= 4 is 23.5 Å². The molecule has 0 N–H and O–H groups in total. The molecule has 4 heteroatoms. The summed E-state index contributed by atoms with van der Waals surface area (Å²) in [7, 11) is 0. The van der Waals surface area contributed by atoms with E-state index in [0.717, 1.165) is 23.5 Å². The van der Waals surface area contributed by atoms with Gasteiger partial charge in [-0.2, -0.15) is 10.5 Å². The Kier molecular flexibility index (Phi) is 3.53. The highest BCUT2D eigenvalue weighted by molar-refractivity contribution is 8.22. The van der Waals surface area contributed by atoms with E-state index < -0.39 is 0 Å². The van der Waals surface area contributed by atoms with Crippen molar-refractivity contribution in [3.8, 4) is 10.8 Å². The molecule has 0 aliphatic rings. The van der Waals surface area contributed by atoms with E-state index in [1.54, 1.807) is 0 Å². The third kappa shape index (κ3) is 4.20. The van der Waals surface area contributed by atoms with Gasteiger partial charge in [0.25, 0.3) is 0 Å². The van der Waals surface area contributed by atoms with E-state index in [1.165, 1.54) is 0 Å². The number of thiocyanates is 2. The second kappa shape index (κ2) is 3.66. The molecule has 0 saturated heterocycles. The average Bonchev–Trinajstić information content (AvgIpc) is 1.64. The van der Waals surface area contributed by atoms with Crippen LogP contribution in [-0.2, 0) is 0 Å². The number of nitriles is 2. The van der Waals surface area contributed by atoms with Crippen molar-refractivity contribution in [1.82, 2.24) is 0 Å². The third-order valence-electron chi connectivity index (χ3n) is 0.583. The maximum atomic E-state index is 8.22. The van der Waals surface area contributed by atoms with Crippen molar-refractivity contribution in [1.29, 1.82) is 10.5 Å². The molecule has 0 heterocycles. The molecule has 0 fully saturated rings. The molecule has 2 nitrogen and oxygen atoms in total. The van der Waals surface area contributed by atoms with Crippen molar-refractivity contribution in [3.05, 3.63) is 0 Å². The fourth-order valence-corrected chi connectivity index (χ4v) is 1.07. The molecule has 0 unspecified atom stereocenters. The molecule has 0 aromatic heterocycles. The van der Waals surface area contributed by atoms with Crippen LogP contribution in [0.5, 0.6) is 0 Å². The van der Waals surface area contributed by atoms with E-state index in [4.69, 9.17) is 10.5 Å². The van der Waals surface area contributed by atoms with Crippen LogP contribution in [0.4, 0.5) is 0 Å². The minimum absolute atomic E-state index is 0.288. The largest absolute Gasteiger partial charge is 0.185 e. The van der Waals surface area contributed by atoms with E-state index in [0.29, 0.717) is 0 Å². The molecule has 0 spiro atoms. The molecule has 0 aliphatic carbocycles. The Morgan fingerprint density at radius 2 is 1.44 bits per heavy atom. The first-order valence-corrected chi connectivity index (χ1v) is 3.90. The summed E-state index contributed by atoms with van der Waals surface area (Å²) in [6, 6.07) is 0. The van der Waals surface area contributed by atoms with Crippen LogP contribution >= 0.6 is 23.5 Å². The van der Waals surface area contributed by atoms with Gasteiger partial charge in [0.15, 0.2) is 0 Å². The second-order valence-electron chi connectivity index (χ2n) is 1.79. The van der Waals surface area contributed by atoms with Gasteiger partial charge in [-0.1, -0.05) is 0 Å². The smallest absolute Gasteiger partial charge is 0.134 e. The van der Waals surface area contributed by atoms with E-state index >= 15 is 0 Å². The van der Waals surface area contributed by atoms with Gasteiger partial charge < -0.3 is 0 Å². The summed E-state index contributed by atoms with van der Waals surface area (Å²) in [6.45, 7) is 3.68. The number of rotatable bonds is 2. The Hall–Kier alpha value is -0.320. The Balaban J connectivity index is 3.77.